The molecule has 0 fully saturated rings. The van der Waals surface area contributed by atoms with Crippen LogP contribution in [0.5, 0.6) is 0 Å². The number of esters is 1. The highest BCUT2D eigenvalue weighted by Crippen LogP contribution is 1.93. The maximum Gasteiger partial charge on any atom is 0.305 e. The quantitative estimate of drug-likeness (QED) is 0.559. The van der Waals surface area contributed by atoms with Gasteiger partial charge in [0.25, 0.3) is 0 Å². The van der Waals surface area contributed by atoms with Gasteiger partial charge in [0.05, 0.1) is 0 Å². The van der Waals surface area contributed by atoms with Crippen LogP contribution in [0.4, 0.5) is 0 Å². The van der Waals surface area contributed by atoms with Crippen molar-refractivity contribution in [2.75, 3.05) is 6.61 Å². The Labute approximate surface area is 61.9 Å². The number of carbonyl (C=O) groups excluding carboxylic acids is 1. The van der Waals surface area contributed by atoms with Gasteiger partial charge in [0, 0.05) is 6.42 Å². The fourth-order valence-electron chi connectivity index (χ4n) is 0.355. The molecule has 0 spiro atoms. The van der Waals surface area contributed by atoms with Gasteiger partial charge in [0.15, 0.2) is 0 Å². The zero-order valence-electron chi connectivity index (χ0n) is 6.52. The van der Waals surface area contributed by atoms with Crippen molar-refractivity contribution in [2.24, 2.45) is 0 Å². The lowest BCUT2D eigenvalue weighted by molar-refractivity contribution is -0.142. The highest BCUT2D eigenvalue weighted by atomic mass is 16.5. The second kappa shape index (κ2) is 5.03. The first-order chi connectivity index (χ1) is 4.70. The largest absolute Gasteiger partial charge is 0.461 e. The summed E-state index contributed by atoms with van der Waals surface area (Å²) in [6.07, 6.45) is 2.12. The van der Waals surface area contributed by atoms with E-state index in [0.29, 0.717) is 13.0 Å². The summed E-state index contributed by atoms with van der Waals surface area (Å²) in [5.74, 6) is -0.166. The van der Waals surface area contributed by atoms with E-state index in [4.69, 9.17) is 4.74 Å². The van der Waals surface area contributed by atoms with Gasteiger partial charge in [-0.05, 0) is 19.4 Å². The van der Waals surface area contributed by atoms with Crippen molar-refractivity contribution in [3.8, 4) is 0 Å². The normalized spacial score (nSPS) is 11.3. The third kappa shape index (κ3) is 4.13. The zero-order chi connectivity index (χ0) is 7.98. The topological polar surface area (TPSA) is 26.3 Å². The van der Waals surface area contributed by atoms with Crippen LogP contribution in [-0.2, 0) is 9.53 Å². The number of carbonyl (C=O) groups is 1. The summed E-state index contributed by atoms with van der Waals surface area (Å²) in [5.41, 5.74) is 0.974. The first-order valence-electron chi connectivity index (χ1n) is 3.31. The molecular weight excluding hydrogens is 128 g/mol. The van der Waals surface area contributed by atoms with E-state index in [-0.39, 0.29) is 5.97 Å². The average molecular weight is 141 g/mol. The van der Waals surface area contributed by atoms with E-state index in [0.717, 1.165) is 5.57 Å². The van der Waals surface area contributed by atoms with Gasteiger partial charge in [-0.3, -0.25) is 4.79 Å². The highest BCUT2D eigenvalue weighted by molar-refractivity contribution is 5.69. The van der Waals surface area contributed by atoms with Crippen molar-refractivity contribution in [1.29, 1.82) is 0 Å². The van der Waals surface area contributed by atoms with Gasteiger partial charge in [-0.1, -0.05) is 13.0 Å². The highest BCUT2D eigenvalue weighted by Gasteiger charge is 1.96. The van der Waals surface area contributed by atoms with E-state index in [9.17, 15) is 4.79 Å². The van der Waals surface area contributed by atoms with Gasteiger partial charge in [0.2, 0.25) is 0 Å². The van der Waals surface area contributed by atoms with Gasteiger partial charge in [0.1, 0.15) is 6.61 Å². The lowest BCUT2D eigenvalue weighted by Gasteiger charge is -2.01. The SMILES string of the molecule is [CH2]/C=C(\C)COC(=O)CC. The van der Waals surface area contributed by atoms with Gasteiger partial charge in [-0.2, -0.15) is 0 Å². The van der Waals surface area contributed by atoms with Gasteiger partial charge in [-0.15, -0.1) is 0 Å². The van der Waals surface area contributed by atoms with Crippen LogP contribution < -0.4 is 0 Å². The third-order valence-corrected chi connectivity index (χ3v) is 1.10. The van der Waals surface area contributed by atoms with Crippen molar-refractivity contribution in [3.05, 3.63) is 18.6 Å². The van der Waals surface area contributed by atoms with Crippen molar-refractivity contribution < 1.29 is 9.53 Å². The summed E-state index contributed by atoms with van der Waals surface area (Å²) < 4.78 is 4.80. The summed E-state index contributed by atoms with van der Waals surface area (Å²) in [6, 6.07) is 0. The Morgan fingerprint density at radius 2 is 2.30 bits per heavy atom. The van der Waals surface area contributed by atoms with Crippen molar-refractivity contribution >= 4 is 5.97 Å². The van der Waals surface area contributed by atoms with Crippen LogP contribution in [0.3, 0.4) is 0 Å². The molecule has 0 aliphatic carbocycles. The summed E-state index contributed by atoms with van der Waals surface area (Å²) >= 11 is 0. The van der Waals surface area contributed by atoms with Crippen LogP contribution in [0.1, 0.15) is 20.3 Å². The fraction of sp³-hybridized carbons (Fsp3) is 0.500. The molecule has 10 heavy (non-hydrogen) atoms. The summed E-state index contributed by atoms with van der Waals surface area (Å²) in [6.45, 7) is 7.55. The molecule has 0 saturated carbocycles. The molecule has 0 saturated heterocycles. The van der Waals surface area contributed by atoms with E-state index in [1.54, 1.807) is 13.0 Å². The van der Waals surface area contributed by atoms with E-state index in [1.807, 2.05) is 6.92 Å². The Kier molecular flexibility index (Phi) is 4.63. The maximum absolute atomic E-state index is 10.6. The molecule has 0 atom stereocenters. The number of ether oxygens (including phenoxy) is 1. The second-order valence-corrected chi connectivity index (χ2v) is 2.06. The molecule has 0 aromatic heterocycles. The molecule has 0 N–H and O–H groups in total. The second-order valence-electron chi connectivity index (χ2n) is 2.06. The smallest absolute Gasteiger partial charge is 0.305 e. The predicted molar refractivity (Wildman–Crippen MR) is 40.4 cm³/mol. The molecule has 57 valence electrons. The molecule has 0 amide bonds. The standard InChI is InChI=1S/C8H13O2/c1-4-7(3)6-10-8(9)5-2/h4H,1,5-6H2,2-3H3/b7-4+. The van der Waals surface area contributed by atoms with Crippen LogP contribution in [-0.4, -0.2) is 12.6 Å². The zero-order valence-corrected chi connectivity index (χ0v) is 6.52. The molecule has 1 radical (unpaired) electrons. The van der Waals surface area contributed by atoms with Crippen LogP contribution in [0.15, 0.2) is 11.6 Å². The molecule has 0 aliphatic rings. The van der Waals surface area contributed by atoms with Crippen molar-refractivity contribution in [1.82, 2.24) is 0 Å². The summed E-state index contributed by atoms with van der Waals surface area (Å²) in [4.78, 5) is 10.6. The Bertz CT molecular complexity index is 136. The third-order valence-electron chi connectivity index (χ3n) is 1.10. The van der Waals surface area contributed by atoms with Gasteiger partial charge >= 0.3 is 5.97 Å². The van der Waals surface area contributed by atoms with Gasteiger partial charge < -0.3 is 4.74 Å². The molecule has 2 heteroatoms. The van der Waals surface area contributed by atoms with E-state index >= 15 is 0 Å². The monoisotopic (exact) mass is 141 g/mol. The number of hydrogen-bond donors (Lipinski definition) is 0. The molecule has 0 aromatic rings. The number of allylic oxidation sites excluding steroid dienone is 1. The van der Waals surface area contributed by atoms with E-state index in [1.165, 1.54) is 0 Å². The van der Waals surface area contributed by atoms with E-state index in [2.05, 4.69) is 6.92 Å². The Balaban J connectivity index is 3.45. The van der Waals surface area contributed by atoms with Crippen LogP contribution in [0, 0.1) is 6.92 Å². The van der Waals surface area contributed by atoms with Gasteiger partial charge in [-0.25, -0.2) is 0 Å². The predicted octanol–water partition coefficient (Wildman–Crippen LogP) is 1.72. The summed E-state index contributed by atoms with van der Waals surface area (Å²) in [7, 11) is 0. The van der Waals surface area contributed by atoms with Crippen LogP contribution in [0.25, 0.3) is 0 Å². The minimum absolute atomic E-state index is 0.166. The molecule has 0 aromatic carbocycles. The van der Waals surface area contributed by atoms with Crippen LogP contribution >= 0.6 is 0 Å². The van der Waals surface area contributed by atoms with Crippen molar-refractivity contribution in [2.45, 2.75) is 20.3 Å². The molecule has 0 heterocycles. The Morgan fingerprint density at radius 1 is 1.70 bits per heavy atom. The first-order valence-corrected chi connectivity index (χ1v) is 3.31. The Hall–Kier alpha value is -0.790. The maximum atomic E-state index is 10.6. The molecule has 0 rings (SSSR count). The first kappa shape index (κ1) is 9.21. The fourth-order valence-corrected chi connectivity index (χ4v) is 0.355. The molecule has 0 aliphatic heterocycles. The number of rotatable bonds is 3. The lowest BCUT2D eigenvalue weighted by Crippen LogP contribution is -2.04. The number of hydrogen-bond acceptors (Lipinski definition) is 2. The van der Waals surface area contributed by atoms with Crippen LogP contribution in [0.2, 0.25) is 0 Å². The summed E-state index contributed by atoms with van der Waals surface area (Å²) in [5, 5.41) is 0. The van der Waals surface area contributed by atoms with Crippen molar-refractivity contribution in [3.63, 3.8) is 0 Å². The minimum Gasteiger partial charge on any atom is -0.461 e. The molecule has 2 nitrogen and oxygen atoms in total. The average Bonchev–Trinajstić information content (AvgIpc) is 1.99. The Morgan fingerprint density at radius 3 is 2.70 bits per heavy atom. The van der Waals surface area contributed by atoms with E-state index < -0.39 is 0 Å². The lowest BCUT2D eigenvalue weighted by atomic mass is 10.3. The molecule has 0 unspecified atom stereocenters. The molecular formula is C8H13O2. The molecule has 0 bridgehead atoms. The minimum atomic E-state index is -0.166.